The van der Waals surface area contributed by atoms with E-state index >= 15 is 0 Å². The Kier molecular flexibility index (Phi) is 11.6. The van der Waals surface area contributed by atoms with E-state index in [0.717, 1.165) is 101 Å². The van der Waals surface area contributed by atoms with Crippen LogP contribution in [0.1, 0.15) is 0 Å². The molecule has 0 saturated carbocycles. The van der Waals surface area contributed by atoms with Gasteiger partial charge < -0.3 is 38.4 Å². The quantitative estimate of drug-likeness (QED) is 0.111. The van der Waals surface area contributed by atoms with Crippen LogP contribution in [-0.4, -0.2) is 62.6 Å². The lowest BCUT2D eigenvalue weighted by atomic mass is 9.94. The molecule has 0 aliphatic carbocycles. The minimum absolute atomic E-state index is 0.699. The predicted octanol–water partition coefficient (Wildman–Crippen LogP) is 12.5. The van der Waals surface area contributed by atoms with Crippen LogP contribution >= 0.6 is 0 Å². The molecule has 0 saturated heterocycles. The summed E-state index contributed by atoms with van der Waals surface area (Å²) in [5.41, 5.74) is 13.0. The first-order valence-electron chi connectivity index (χ1n) is 20.7. The maximum absolute atomic E-state index is 5.76. The van der Waals surface area contributed by atoms with Crippen molar-refractivity contribution >= 4 is 0 Å². The molecule has 0 unspecified atom stereocenters. The third kappa shape index (κ3) is 8.12. The van der Waals surface area contributed by atoms with Crippen LogP contribution in [0.3, 0.4) is 0 Å². The van der Waals surface area contributed by atoms with Crippen LogP contribution < -0.4 is 28.4 Å². The lowest BCUT2D eigenvalue weighted by molar-refractivity contribution is 0.414. The molecule has 2 N–H and O–H groups in total. The Labute approximate surface area is 372 Å². The van der Waals surface area contributed by atoms with Crippen LogP contribution in [0.15, 0.2) is 158 Å². The number of imidazole rings is 2. The topological polar surface area (TPSA) is 113 Å². The van der Waals surface area contributed by atoms with E-state index in [1.54, 1.807) is 42.7 Å². The van der Waals surface area contributed by atoms with E-state index in [-0.39, 0.29) is 0 Å². The van der Waals surface area contributed by atoms with Gasteiger partial charge in [0.15, 0.2) is 0 Å². The van der Waals surface area contributed by atoms with Crippen LogP contribution in [0, 0.1) is 0 Å². The van der Waals surface area contributed by atoms with Crippen LogP contribution in [0.2, 0.25) is 0 Å². The maximum Gasteiger partial charge on any atom is 0.139 e. The number of rotatable bonds is 14. The summed E-state index contributed by atoms with van der Waals surface area (Å²) in [4.78, 5) is 17.9. The molecule has 10 heteroatoms. The number of aromatic nitrogens is 4. The first-order valence-corrected chi connectivity index (χ1v) is 20.7. The summed E-state index contributed by atoms with van der Waals surface area (Å²) in [7, 11) is 10.00. The summed E-state index contributed by atoms with van der Waals surface area (Å²) in [6, 6.07) is 52.5. The Hall–Kier alpha value is -8.24. The van der Waals surface area contributed by atoms with Crippen molar-refractivity contribution in [2.45, 2.75) is 0 Å². The monoisotopic (exact) mass is 846 g/mol. The summed E-state index contributed by atoms with van der Waals surface area (Å²) in [5, 5.41) is 0. The van der Waals surface area contributed by atoms with Crippen LogP contribution in [-0.2, 0) is 0 Å². The van der Waals surface area contributed by atoms with Crippen molar-refractivity contribution < 1.29 is 28.4 Å². The molecule has 0 aliphatic heterocycles. The van der Waals surface area contributed by atoms with E-state index in [1.807, 2.05) is 121 Å². The van der Waals surface area contributed by atoms with Gasteiger partial charge >= 0.3 is 0 Å². The van der Waals surface area contributed by atoms with Crippen LogP contribution in [0.5, 0.6) is 34.5 Å². The Morgan fingerprint density at radius 3 is 0.844 bits per heavy atom. The molecule has 10 nitrogen and oxygen atoms in total. The Morgan fingerprint density at radius 1 is 0.281 bits per heavy atom. The van der Waals surface area contributed by atoms with Gasteiger partial charge in [0.05, 0.1) is 65.4 Å². The highest BCUT2D eigenvalue weighted by Gasteiger charge is 2.22. The fraction of sp³-hybridized carbons (Fsp3) is 0.111. The van der Waals surface area contributed by atoms with E-state index in [9.17, 15) is 0 Å². The van der Waals surface area contributed by atoms with Crippen LogP contribution in [0.4, 0.5) is 0 Å². The number of nitrogens with one attached hydrogen (secondary N) is 2. The van der Waals surface area contributed by atoms with Gasteiger partial charge in [-0.2, -0.15) is 0 Å². The molecule has 7 aromatic carbocycles. The molecule has 9 rings (SSSR count). The molecular formula is C54H46N4O6. The first-order chi connectivity index (χ1) is 31.4. The van der Waals surface area contributed by atoms with Gasteiger partial charge in [-0.15, -0.1) is 0 Å². The number of H-pyrrole nitrogens is 2. The van der Waals surface area contributed by atoms with Gasteiger partial charge in [0, 0.05) is 33.4 Å². The minimum Gasteiger partial charge on any atom is -0.497 e. The minimum atomic E-state index is 0.699. The number of hydrogen-bond acceptors (Lipinski definition) is 8. The number of benzene rings is 7. The van der Waals surface area contributed by atoms with Gasteiger partial charge in [0.2, 0.25) is 0 Å². The van der Waals surface area contributed by atoms with Gasteiger partial charge in [0.1, 0.15) is 46.1 Å². The molecule has 0 aliphatic rings. The molecule has 0 fully saturated rings. The van der Waals surface area contributed by atoms with E-state index in [4.69, 9.17) is 38.4 Å². The molecule has 0 spiro atoms. The SMILES string of the molecule is COc1ccc(-c2nc(-c3cc(OC)ccc3-c3ccc(-c4ccc(OC)cc4-c4nc(-c5ccc(OC)cc5)c(-c5ccc(OC)cc5)[nH]4)cc3)[nH]c2-c2ccc(OC)cc2)cc1. The van der Waals surface area contributed by atoms with Crippen molar-refractivity contribution in [1.82, 2.24) is 19.9 Å². The highest BCUT2D eigenvalue weighted by molar-refractivity contribution is 5.90. The van der Waals surface area contributed by atoms with Crippen molar-refractivity contribution in [3.8, 4) is 125 Å². The maximum atomic E-state index is 5.76. The Balaban J connectivity index is 1.13. The van der Waals surface area contributed by atoms with E-state index in [0.29, 0.717) is 23.1 Å². The smallest absolute Gasteiger partial charge is 0.139 e. The Morgan fingerprint density at radius 2 is 0.547 bits per heavy atom. The zero-order chi connectivity index (χ0) is 44.2. The fourth-order valence-electron chi connectivity index (χ4n) is 7.88. The fourth-order valence-corrected chi connectivity index (χ4v) is 7.88. The zero-order valence-corrected chi connectivity index (χ0v) is 36.4. The number of nitrogens with zero attached hydrogens (tertiary/aromatic N) is 2. The number of methoxy groups -OCH3 is 6. The van der Waals surface area contributed by atoms with Crippen molar-refractivity contribution in [3.63, 3.8) is 0 Å². The molecule has 2 heterocycles. The van der Waals surface area contributed by atoms with Gasteiger partial charge in [-0.3, -0.25) is 0 Å². The van der Waals surface area contributed by atoms with E-state index in [1.165, 1.54) is 0 Å². The average molecular weight is 847 g/mol. The summed E-state index contributed by atoms with van der Waals surface area (Å²) >= 11 is 0. The van der Waals surface area contributed by atoms with Gasteiger partial charge in [0.25, 0.3) is 0 Å². The third-order valence-corrected chi connectivity index (χ3v) is 11.4. The van der Waals surface area contributed by atoms with E-state index < -0.39 is 0 Å². The molecule has 0 radical (unpaired) electrons. The zero-order valence-electron chi connectivity index (χ0n) is 36.4. The van der Waals surface area contributed by atoms with Crippen molar-refractivity contribution in [2.24, 2.45) is 0 Å². The Bertz CT molecular complexity index is 2690. The second kappa shape index (κ2) is 18.0. The largest absolute Gasteiger partial charge is 0.497 e. The molecule has 0 amide bonds. The standard InChI is InChI=1S/C54H46N4O6/c1-59-39-19-11-35(12-20-39)49-50(36-13-21-40(60-2)22-14-36)56-53(55-49)47-31-43(63-5)27-29-45(47)33-7-9-34(10-8-33)46-30-28-44(64-6)32-48(46)54-57-51(37-15-23-41(61-3)24-16-37)52(58-54)38-17-25-42(62-4)26-18-38/h7-32H,1-6H3,(H,55,56)(H,57,58). The lowest BCUT2D eigenvalue weighted by Gasteiger charge is -2.13. The molecule has 0 atom stereocenters. The normalized spacial score (nSPS) is 11.0. The average Bonchev–Trinajstić information content (AvgIpc) is 4.03. The first kappa shape index (κ1) is 41.1. The third-order valence-electron chi connectivity index (χ3n) is 11.4. The number of ether oxygens (including phenoxy) is 6. The van der Waals surface area contributed by atoms with Gasteiger partial charge in [-0.05, 0) is 156 Å². The second-order valence-electron chi connectivity index (χ2n) is 14.9. The molecule has 318 valence electrons. The second-order valence-corrected chi connectivity index (χ2v) is 14.9. The van der Waals surface area contributed by atoms with Crippen molar-refractivity contribution in [1.29, 1.82) is 0 Å². The summed E-state index contributed by atoms with van der Waals surface area (Å²) < 4.78 is 33.4. The van der Waals surface area contributed by atoms with Crippen molar-refractivity contribution in [3.05, 3.63) is 158 Å². The van der Waals surface area contributed by atoms with Crippen LogP contribution in [0.25, 0.3) is 90.1 Å². The highest BCUT2D eigenvalue weighted by atomic mass is 16.5. The summed E-state index contributed by atoms with van der Waals surface area (Å²) in [5.74, 6) is 5.92. The van der Waals surface area contributed by atoms with Gasteiger partial charge in [-0.1, -0.05) is 24.3 Å². The lowest BCUT2D eigenvalue weighted by Crippen LogP contribution is -1.92. The predicted molar refractivity (Wildman–Crippen MR) is 254 cm³/mol. The highest BCUT2D eigenvalue weighted by Crippen LogP contribution is 2.42. The molecule has 64 heavy (non-hydrogen) atoms. The van der Waals surface area contributed by atoms with Crippen molar-refractivity contribution in [2.75, 3.05) is 42.7 Å². The molecule has 9 aromatic rings. The summed E-state index contributed by atoms with van der Waals surface area (Å²) in [6.45, 7) is 0. The number of hydrogen-bond donors (Lipinski definition) is 2. The molecular weight excluding hydrogens is 801 g/mol. The van der Waals surface area contributed by atoms with Gasteiger partial charge in [-0.25, -0.2) is 9.97 Å². The summed E-state index contributed by atoms with van der Waals surface area (Å²) in [6.07, 6.45) is 0. The number of aromatic amines is 2. The molecule has 2 aromatic heterocycles. The van der Waals surface area contributed by atoms with E-state index in [2.05, 4.69) is 46.4 Å². The molecule has 0 bridgehead atoms.